The van der Waals surface area contributed by atoms with Gasteiger partial charge in [0.05, 0.1) is 6.04 Å². The van der Waals surface area contributed by atoms with E-state index in [2.05, 4.69) is 35.6 Å². The average molecular weight is 155 g/mol. The lowest BCUT2D eigenvalue weighted by Gasteiger charge is -2.17. The van der Waals surface area contributed by atoms with Crippen molar-refractivity contribution in [3.8, 4) is 11.2 Å². The van der Waals surface area contributed by atoms with E-state index in [1.807, 2.05) is 0 Å². The average Bonchev–Trinajstić information content (AvgIpc) is 2.38. The number of likely N-dealkylation sites (tertiary alicyclic amines) is 1. The topological polar surface area (TPSA) is 3.24 Å². The van der Waals surface area contributed by atoms with Gasteiger partial charge in [-0.15, -0.1) is 0 Å². The summed E-state index contributed by atoms with van der Waals surface area (Å²) in [6, 6.07) is 0.403. The predicted octanol–water partition coefficient (Wildman–Crippen LogP) is 1.36. The Bertz CT molecular complexity index is 150. The number of hydrogen-bond donors (Lipinski definition) is 1. The third kappa shape index (κ3) is 1.93. The fraction of sp³-hybridized carbons (Fsp3) is 0.750. The fourth-order valence-corrected chi connectivity index (χ4v) is 1.50. The summed E-state index contributed by atoms with van der Waals surface area (Å²) in [7, 11) is 0. The highest BCUT2D eigenvalue weighted by molar-refractivity contribution is 7.85. The zero-order valence-electron chi connectivity index (χ0n) is 6.30. The van der Waals surface area contributed by atoms with Crippen LogP contribution in [0.2, 0.25) is 0 Å². The number of thiol groups is 1. The van der Waals surface area contributed by atoms with Gasteiger partial charge in [0, 0.05) is 0 Å². The van der Waals surface area contributed by atoms with Gasteiger partial charge >= 0.3 is 0 Å². The molecule has 0 saturated carbocycles. The van der Waals surface area contributed by atoms with Crippen LogP contribution in [0.5, 0.6) is 0 Å². The summed E-state index contributed by atoms with van der Waals surface area (Å²) < 4.78 is 0. The summed E-state index contributed by atoms with van der Waals surface area (Å²) in [5.41, 5.74) is 0. The van der Waals surface area contributed by atoms with Crippen LogP contribution in [0.1, 0.15) is 19.8 Å². The van der Waals surface area contributed by atoms with Gasteiger partial charge in [0.15, 0.2) is 0 Å². The quantitative estimate of drug-likeness (QED) is 0.442. The second-order valence-corrected chi connectivity index (χ2v) is 2.90. The number of hydrogen-bond acceptors (Lipinski definition) is 2. The highest BCUT2D eigenvalue weighted by Gasteiger charge is 2.15. The van der Waals surface area contributed by atoms with Crippen LogP contribution in [0.3, 0.4) is 0 Å². The molecule has 1 atom stereocenters. The lowest BCUT2D eigenvalue weighted by molar-refractivity contribution is 0.308. The van der Waals surface area contributed by atoms with Crippen LogP contribution in [-0.2, 0) is 0 Å². The van der Waals surface area contributed by atoms with Crippen molar-refractivity contribution in [2.45, 2.75) is 25.8 Å². The summed E-state index contributed by atoms with van der Waals surface area (Å²) in [4.78, 5) is 2.39. The van der Waals surface area contributed by atoms with Crippen molar-refractivity contribution in [1.29, 1.82) is 0 Å². The van der Waals surface area contributed by atoms with E-state index >= 15 is 0 Å². The van der Waals surface area contributed by atoms with Crippen LogP contribution in [-0.4, -0.2) is 24.0 Å². The van der Waals surface area contributed by atoms with Crippen molar-refractivity contribution in [1.82, 2.24) is 4.90 Å². The van der Waals surface area contributed by atoms with E-state index in [0.717, 1.165) is 0 Å². The molecule has 0 aromatic heterocycles. The Labute approximate surface area is 68.2 Å². The van der Waals surface area contributed by atoms with E-state index in [1.54, 1.807) is 0 Å². The summed E-state index contributed by atoms with van der Waals surface area (Å²) in [5, 5.41) is 2.65. The minimum Gasteiger partial charge on any atom is -0.290 e. The van der Waals surface area contributed by atoms with Gasteiger partial charge in [-0.3, -0.25) is 4.90 Å². The van der Waals surface area contributed by atoms with Crippen LogP contribution >= 0.6 is 12.6 Å². The van der Waals surface area contributed by atoms with Gasteiger partial charge < -0.3 is 0 Å². The van der Waals surface area contributed by atoms with Gasteiger partial charge in [0.25, 0.3) is 0 Å². The SMILES string of the molecule is C[C@H](C#CS)N1CCCC1. The van der Waals surface area contributed by atoms with E-state index in [9.17, 15) is 0 Å². The molecule has 1 fully saturated rings. The smallest absolute Gasteiger partial charge is 0.0694 e. The first-order valence-corrected chi connectivity index (χ1v) is 4.18. The largest absolute Gasteiger partial charge is 0.290 e. The van der Waals surface area contributed by atoms with Gasteiger partial charge in [0.1, 0.15) is 0 Å². The molecule has 0 aromatic rings. The molecule has 1 aliphatic rings. The first kappa shape index (κ1) is 7.97. The van der Waals surface area contributed by atoms with Crippen molar-refractivity contribution >= 4 is 12.6 Å². The Morgan fingerprint density at radius 1 is 1.40 bits per heavy atom. The van der Waals surface area contributed by atoms with Crippen LogP contribution in [0, 0.1) is 11.2 Å². The first-order valence-electron chi connectivity index (χ1n) is 3.73. The minimum absolute atomic E-state index is 0.403. The van der Waals surface area contributed by atoms with E-state index in [1.165, 1.54) is 25.9 Å². The van der Waals surface area contributed by atoms with Gasteiger partial charge in [0.2, 0.25) is 0 Å². The highest BCUT2D eigenvalue weighted by Crippen LogP contribution is 2.10. The third-order valence-electron chi connectivity index (χ3n) is 1.96. The van der Waals surface area contributed by atoms with Crippen molar-refractivity contribution < 1.29 is 0 Å². The molecule has 1 nitrogen and oxygen atoms in total. The van der Waals surface area contributed by atoms with E-state index in [0.29, 0.717) is 6.04 Å². The van der Waals surface area contributed by atoms with Crippen LogP contribution in [0.15, 0.2) is 0 Å². The zero-order valence-corrected chi connectivity index (χ0v) is 7.19. The van der Waals surface area contributed by atoms with Crippen LogP contribution in [0.4, 0.5) is 0 Å². The molecule has 0 unspecified atom stereocenters. The van der Waals surface area contributed by atoms with Gasteiger partial charge in [-0.05, 0) is 38.1 Å². The maximum Gasteiger partial charge on any atom is 0.0694 e. The van der Waals surface area contributed by atoms with Crippen molar-refractivity contribution in [3.63, 3.8) is 0 Å². The molecule has 2 heteroatoms. The standard InChI is InChI=1S/C8H13NS/c1-8(4-7-10)9-5-2-3-6-9/h8,10H,2-3,5-6H2,1H3/t8-/m1/s1. The maximum atomic E-state index is 3.86. The molecule has 0 amide bonds. The molecule has 0 spiro atoms. The highest BCUT2D eigenvalue weighted by atomic mass is 32.1. The molecule has 0 aliphatic carbocycles. The molecular formula is C8H13NS. The van der Waals surface area contributed by atoms with Crippen LogP contribution < -0.4 is 0 Å². The Kier molecular flexibility index (Phi) is 3.11. The lowest BCUT2D eigenvalue weighted by Crippen LogP contribution is -2.28. The second kappa shape index (κ2) is 3.90. The number of nitrogens with zero attached hydrogens (tertiary/aromatic N) is 1. The van der Waals surface area contributed by atoms with Crippen molar-refractivity contribution in [2.75, 3.05) is 13.1 Å². The molecule has 0 aromatic carbocycles. The molecule has 1 aliphatic heterocycles. The summed E-state index contributed by atoms with van der Waals surface area (Å²) >= 11 is 3.86. The Balaban J connectivity index is 2.37. The molecule has 1 saturated heterocycles. The maximum absolute atomic E-state index is 3.86. The fourth-order valence-electron chi connectivity index (χ4n) is 1.31. The van der Waals surface area contributed by atoms with E-state index < -0.39 is 0 Å². The van der Waals surface area contributed by atoms with Crippen LogP contribution in [0.25, 0.3) is 0 Å². The molecule has 1 heterocycles. The predicted molar refractivity (Wildman–Crippen MR) is 47.0 cm³/mol. The Hall–Kier alpha value is -0.130. The normalized spacial score (nSPS) is 21.8. The molecule has 10 heavy (non-hydrogen) atoms. The summed E-state index contributed by atoms with van der Waals surface area (Å²) in [6.07, 6.45) is 2.66. The Morgan fingerprint density at radius 3 is 2.50 bits per heavy atom. The number of rotatable bonds is 1. The third-order valence-corrected chi connectivity index (χ3v) is 2.09. The van der Waals surface area contributed by atoms with E-state index in [4.69, 9.17) is 0 Å². The molecule has 0 N–H and O–H groups in total. The first-order chi connectivity index (χ1) is 4.84. The molecule has 1 rings (SSSR count). The molecule has 0 bridgehead atoms. The molecular weight excluding hydrogens is 142 g/mol. The van der Waals surface area contributed by atoms with Gasteiger partial charge in [-0.25, -0.2) is 0 Å². The zero-order chi connectivity index (χ0) is 7.40. The summed E-state index contributed by atoms with van der Waals surface area (Å²) in [6.45, 7) is 4.56. The van der Waals surface area contributed by atoms with Crippen molar-refractivity contribution in [3.05, 3.63) is 0 Å². The second-order valence-electron chi connectivity index (χ2n) is 2.68. The van der Waals surface area contributed by atoms with E-state index in [-0.39, 0.29) is 0 Å². The van der Waals surface area contributed by atoms with Gasteiger partial charge in [-0.1, -0.05) is 18.5 Å². The monoisotopic (exact) mass is 155 g/mol. The van der Waals surface area contributed by atoms with Crippen molar-refractivity contribution in [2.24, 2.45) is 0 Å². The summed E-state index contributed by atoms with van der Waals surface area (Å²) in [5.74, 6) is 3.03. The molecule has 0 radical (unpaired) electrons. The minimum atomic E-state index is 0.403. The van der Waals surface area contributed by atoms with Gasteiger partial charge in [-0.2, -0.15) is 0 Å². The Morgan fingerprint density at radius 2 is 2.00 bits per heavy atom. The molecule has 56 valence electrons. The lowest BCUT2D eigenvalue weighted by atomic mass is 10.3.